The minimum absolute atomic E-state index is 0.115. The summed E-state index contributed by atoms with van der Waals surface area (Å²) in [5.41, 5.74) is 8.06. The zero-order chi connectivity index (χ0) is 18.6. The van der Waals surface area contributed by atoms with Gasteiger partial charge in [0.15, 0.2) is 0 Å². The molecule has 2 heterocycles. The van der Waals surface area contributed by atoms with Crippen molar-refractivity contribution in [1.29, 1.82) is 0 Å². The van der Waals surface area contributed by atoms with Gasteiger partial charge in [-0.1, -0.05) is 12.6 Å². The molecular formula is C22H26N2O3. The lowest BCUT2D eigenvalue weighted by Gasteiger charge is -2.63. The highest BCUT2D eigenvalue weighted by Crippen LogP contribution is 2.65. The largest absolute Gasteiger partial charge is 0.484 e. The SMILES string of the molecule is C=C1CC[C@@]2(O)[C@H]3Cc4ccc(C(N)=O)c5c4[C@@]2(CCN3CC2CC2)C1O5. The predicted octanol–water partition coefficient (Wildman–Crippen LogP) is 1.91. The Balaban J connectivity index is 1.58. The molecule has 0 radical (unpaired) electrons. The molecule has 5 nitrogen and oxygen atoms in total. The summed E-state index contributed by atoms with van der Waals surface area (Å²) >= 11 is 0. The number of primary amides is 1. The molecule has 1 aromatic rings. The molecule has 3 N–H and O–H groups in total. The first-order valence-electron chi connectivity index (χ1n) is 10.2. The van der Waals surface area contributed by atoms with E-state index in [2.05, 4.69) is 11.5 Å². The van der Waals surface area contributed by atoms with Gasteiger partial charge in [-0.05, 0) is 68.2 Å². The summed E-state index contributed by atoms with van der Waals surface area (Å²) in [6.07, 6.45) is 5.53. The van der Waals surface area contributed by atoms with E-state index in [9.17, 15) is 9.90 Å². The number of piperidine rings is 1. The Morgan fingerprint density at radius 2 is 2.19 bits per heavy atom. The second-order valence-corrected chi connectivity index (χ2v) is 9.30. The van der Waals surface area contributed by atoms with Gasteiger partial charge in [-0.2, -0.15) is 0 Å². The summed E-state index contributed by atoms with van der Waals surface area (Å²) < 4.78 is 6.40. The van der Waals surface area contributed by atoms with E-state index in [4.69, 9.17) is 10.5 Å². The molecule has 5 heteroatoms. The lowest BCUT2D eigenvalue weighted by Crippen LogP contribution is -2.75. The maximum absolute atomic E-state index is 12.2. The molecular weight excluding hydrogens is 340 g/mol. The summed E-state index contributed by atoms with van der Waals surface area (Å²) in [5, 5.41) is 12.2. The molecule has 1 spiro atoms. The minimum Gasteiger partial charge on any atom is -0.484 e. The van der Waals surface area contributed by atoms with Crippen LogP contribution >= 0.6 is 0 Å². The minimum atomic E-state index is -0.833. The van der Waals surface area contributed by atoms with Crippen molar-refractivity contribution in [3.63, 3.8) is 0 Å². The van der Waals surface area contributed by atoms with E-state index >= 15 is 0 Å². The number of hydrogen-bond acceptors (Lipinski definition) is 4. The van der Waals surface area contributed by atoms with Crippen LogP contribution < -0.4 is 10.5 Å². The molecule has 1 saturated heterocycles. The van der Waals surface area contributed by atoms with Crippen molar-refractivity contribution in [2.75, 3.05) is 13.1 Å². The molecule has 6 rings (SSSR count). The molecule has 4 atom stereocenters. The number of aliphatic hydroxyl groups is 1. The molecule has 142 valence electrons. The van der Waals surface area contributed by atoms with Gasteiger partial charge in [-0.25, -0.2) is 0 Å². The van der Waals surface area contributed by atoms with E-state index in [1.54, 1.807) is 6.07 Å². The Labute approximate surface area is 159 Å². The van der Waals surface area contributed by atoms with E-state index in [0.717, 1.165) is 55.8 Å². The molecule has 2 bridgehead atoms. The Kier molecular flexibility index (Phi) is 2.96. The highest BCUT2D eigenvalue weighted by Gasteiger charge is 2.71. The monoisotopic (exact) mass is 366 g/mol. The number of hydrogen-bond donors (Lipinski definition) is 2. The maximum Gasteiger partial charge on any atom is 0.252 e. The van der Waals surface area contributed by atoms with Crippen molar-refractivity contribution in [3.05, 3.63) is 41.0 Å². The van der Waals surface area contributed by atoms with Crippen LogP contribution in [0, 0.1) is 5.92 Å². The van der Waals surface area contributed by atoms with Crippen LogP contribution in [-0.4, -0.2) is 46.7 Å². The van der Waals surface area contributed by atoms with Crippen LogP contribution in [0.25, 0.3) is 0 Å². The van der Waals surface area contributed by atoms with Gasteiger partial charge in [-0.15, -0.1) is 0 Å². The third kappa shape index (κ3) is 1.80. The van der Waals surface area contributed by atoms with Crippen LogP contribution in [-0.2, 0) is 11.8 Å². The Bertz CT molecular complexity index is 892. The van der Waals surface area contributed by atoms with E-state index in [0.29, 0.717) is 11.3 Å². The third-order valence-electron chi connectivity index (χ3n) is 8.00. The van der Waals surface area contributed by atoms with Gasteiger partial charge in [0, 0.05) is 18.2 Å². The van der Waals surface area contributed by atoms with Crippen LogP contribution in [0.5, 0.6) is 5.75 Å². The van der Waals surface area contributed by atoms with Crippen LogP contribution in [0.15, 0.2) is 24.3 Å². The fraction of sp³-hybridized carbons (Fsp3) is 0.591. The van der Waals surface area contributed by atoms with Crippen LogP contribution in [0.2, 0.25) is 0 Å². The highest BCUT2D eigenvalue weighted by molar-refractivity contribution is 5.97. The normalized spacial score (nSPS) is 39.1. The van der Waals surface area contributed by atoms with Gasteiger partial charge < -0.3 is 15.6 Å². The van der Waals surface area contributed by atoms with Gasteiger partial charge in [0.05, 0.1) is 16.6 Å². The molecule has 1 amide bonds. The molecule has 27 heavy (non-hydrogen) atoms. The summed E-state index contributed by atoms with van der Waals surface area (Å²) in [6, 6.07) is 3.96. The summed E-state index contributed by atoms with van der Waals surface area (Å²) in [7, 11) is 0. The van der Waals surface area contributed by atoms with Crippen molar-refractivity contribution < 1.29 is 14.6 Å². The summed E-state index contributed by atoms with van der Waals surface area (Å²) in [6.45, 7) is 6.35. The standard InChI is InChI=1S/C22H26N2O3/c1-12-6-7-22(26)16-10-14-4-5-15(20(23)25)18-17(14)21(22,19(12)27-18)8-9-24(16)11-13-2-3-13/h4-5,13,16,19,26H,1-3,6-11H2,(H2,23,25)/t16-,19?,21+,22-/m1/s1. The van der Waals surface area contributed by atoms with Gasteiger partial charge in [-0.3, -0.25) is 9.69 Å². The molecule has 3 aliphatic carbocycles. The summed E-state index contributed by atoms with van der Waals surface area (Å²) in [5.74, 6) is 0.942. The molecule has 1 aromatic carbocycles. The molecule has 5 aliphatic rings. The molecule has 1 unspecified atom stereocenters. The highest BCUT2D eigenvalue weighted by atomic mass is 16.5. The van der Waals surface area contributed by atoms with Crippen LogP contribution in [0.3, 0.4) is 0 Å². The second kappa shape index (κ2) is 4.95. The first-order chi connectivity index (χ1) is 13.0. The summed E-state index contributed by atoms with van der Waals surface area (Å²) in [4.78, 5) is 14.6. The average Bonchev–Trinajstić information content (AvgIpc) is 3.37. The van der Waals surface area contributed by atoms with Crippen LogP contribution in [0.1, 0.15) is 53.6 Å². The average molecular weight is 366 g/mol. The first kappa shape index (κ1) is 16.1. The van der Waals surface area contributed by atoms with Gasteiger partial charge in [0.25, 0.3) is 5.91 Å². The number of benzene rings is 1. The fourth-order valence-electron chi connectivity index (χ4n) is 6.60. The maximum atomic E-state index is 12.2. The lowest BCUT2D eigenvalue weighted by molar-refractivity contribution is -0.174. The van der Waals surface area contributed by atoms with Crippen molar-refractivity contribution in [2.45, 2.75) is 61.7 Å². The molecule has 0 aromatic heterocycles. The number of likely N-dealkylation sites (tertiary alicyclic amines) is 1. The van der Waals surface area contributed by atoms with Gasteiger partial charge in [0.1, 0.15) is 11.9 Å². The number of carbonyl (C=O) groups excluding carboxylic acids is 1. The molecule has 2 saturated carbocycles. The van der Waals surface area contributed by atoms with Gasteiger partial charge >= 0.3 is 0 Å². The number of rotatable bonds is 3. The third-order valence-corrected chi connectivity index (χ3v) is 8.00. The van der Waals surface area contributed by atoms with Crippen molar-refractivity contribution in [3.8, 4) is 5.75 Å². The number of nitrogens with two attached hydrogens (primary N) is 1. The zero-order valence-electron chi connectivity index (χ0n) is 15.5. The molecule has 2 aliphatic heterocycles. The quantitative estimate of drug-likeness (QED) is 0.802. The van der Waals surface area contributed by atoms with E-state index < -0.39 is 16.9 Å². The Morgan fingerprint density at radius 3 is 2.93 bits per heavy atom. The number of nitrogens with zero attached hydrogens (tertiary/aromatic N) is 1. The fourth-order valence-corrected chi connectivity index (χ4v) is 6.60. The van der Waals surface area contributed by atoms with Crippen LogP contribution in [0.4, 0.5) is 0 Å². The second-order valence-electron chi connectivity index (χ2n) is 9.30. The number of carbonyl (C=O) groups is 1. The Morgan fingerprint density at radius 1 is 1.37 bits per heavy atom. The lowest BCUT2D eigenvalue weighted by atomic mass is 9.48. The Hall–Kier alpha value is -1.85. The predicted molar refractivity (Wildman–Crippen MR) is 101 cm³/mol. The number of amides is 1. The van der Waals surface area contributed by atoms with Crippen molar-refractivity contribution >= 4 is 5.91 Å². The number of ether oxygens (including phenoxy) is 1. The van der Waals surface area contributed by atoms with E-state index in [-0.39, 0.29) is 12.1 Å². The topological polar surface area (TPSA) is 75.8 Å². The van der Waals surface area contributed by atoms with Crippen molar-refractivity contribution in [1.82, 2.24) is 4.90 Å². The van der Waals surface area contributed by atoms with E-state index in [1.165, 1.54) is 18.4 Å². The molecule has 3 fully saturated rings. The van der Waals surface area contributed by atoms with E-state index in [1.807, 2.05) is 6.07 Å². The smallest absolute Gasteiger partial charge is 0.252 e. The van der Waals surface area contributed by atoms with Gasteiger partial charge in [0.2, 0.25) is 0 Å². The van der Waals surface area contributed by atoms with Crippen molar-refractivity contribution in [2.24, 2.45) is 11.7 Å². The first-order valence-corrected chi connectivity index (χ1v) is 10.2. The zero-order valence-corrected chi connectivity index (χ0v) is 15.5.